The van der Waals surface area contributed by atoms with Crippen molar-refractivity contribution in [2.75, 3.05) is 80.1 Å². The Bertz CT molecular complexity index is 1780. The molecule has 11 nitrogen and oxygen atoms in total. The van der Waals surface area contributed by atoms with Gasteiger partial charge in [-0.1, -0.05) is 56.0 Å². The Balaban J connectivity index is 1.11. The minimum Gasteiger partial charge on any atom is -0.494 e. The number of fused-ring (bicyclic) bond motifs is 1. The molecule has 0 aliphatic carbocycles. The number of ether oxygens (including phenoxy) is 1. The highest BCUT2D eigenvalue weighted by molar-refractivity contribution is 6.02. The molecule has 7 rings (SSSR count). The predicted octanol–water partition coefficient (Wildman–Crippen LogP) is 6.00. The SMILES string of the molecule is C=CC(=O)Nc1cc(Nc2cc(N3OCC[C@@H]3c3cccc4ccccc34)ncn2)c(OC)cc1N1CCC(N2CCN(CC)CC2)CC1. The van der Waals surface area contributed by atoms with E-state index in [1.807, 2.05) is 23.3 Å². The van der Waals surface area contributed by atoms with E-state index in [2.05, 4.69) is 91.3 Å². The maximum Gasteiger partial charge on any atom is 0.247 e. The van der Waals surface area contributed by atoms with E-state index in [9.17, 15) is 4.79 Å². The summed E-state index contributed by atoms with van der Waals surface area (Å²) in [6.07, 6.45) is 5.82. The first-order chi connectivity index (χ1) is 24.0. The van der Waals surface area contributed by atoms with Gasteiger partial charge in [0.25, 0.3) is 0 Å². The number of carbonyl (C=O) groups is 1. The fourth-order valence-corrected chi connectivity index (χ4v) is 7.49. The summed E-state index contributed by atoms with van der Waals surface area (Å²) in [4.78, 5) is 35.4. The van der Waals surface area contributed by atoms with Gasteiger partial charge in [0.2, 0.25) is 5.91 Å². The van der Waals surface area contributed by atoms with Crippen molar-refractivity contribution in [1.82, 2.24) is 19.8 Å². The van der Waals surface area contributed by atoms with Gasteiger partial charge in [-0.15, -0.1) is 0 Å². The highest BCUT2D eigenvalue weighted by Gasteiger charge is 2.31. The van der Waals surface area contributed by atoms with E-state index in [1.54, 1.807) is 7.11 Å². The fourth-order valence-electron chi connectivity index (χ4n) is 7.49. The van der Waals surface area contributed by atoms with Crippen molar-refractivity contribution in [2.24, 2.45) is 0 Å². The molecule has 0 spiro atoms. The summed E-state index contributed by atoms with van der Waals surface area (Å²) in [7, 11) is 1.66. The van der Waals surface area contributed by atoms with Gasteiger partial charge in [0.05, 0.1) is 36.8 Å². The molecule has 0 unspecified atom stereocenters. The van der Waals surface area contributed by atoms with E-state index < -0.39 is 0 Å². The molecule has 3 aromatic carbocycles. The summed E-state index contributed by atoms with van der Waals surface area (Å²) in [5, 5.41) is 10.8. The van der Waals surface area contributed by atoms with Crippen molar-refractivity contribution in [1.29, 1.82) is 0 Å². The molecule has 3 fully saturated rings. The Hall–Kier alpha value is -4.71. The number of likely N-dealkylation sites (N-methyl/N-ethyl adjacent to an activating group) is 1. The monoisotopic (exact) mass is 662 g/mol. The number of benzene rings is 3. The quantitative estimate of drug-likeness (QED) is 0.197. The molecule has 1 amide bonds. The number of amides is 1. The predicted molar refractivity (Wildman–Crippen MR) is 196 cm³/mol. The van der Waals surface area contributed by atoms with E-state index in [-0.39, 0.29) is 11.9 Å². The van der Waals surface area contributed by atoms with Crippen molar-refractivity contribution in [3.05, 3.63) is 85.2 Å². The van der Waals surface area contributed by atoms with Gasteiger partial charge in [-0.25, -0.2) is 15.0 Å². The number of piperidine rings is 1. The molecule has 4 aromatic rings. The third-order valence-corrected chi connectivity index (χ3v) is 10.2. The molecule has 11 heteroatoms. The fraction of sp³-hybridized carbons (Fsp3) is 0.395. The van der Waals surface area contributed by atoms with Crippen LogP contribution in [0.15, 0.2) is 79.6 Å². The van der Waals surface area contributed by atoms with Gasteiger partial charge in [-0.3, -0.25) is 14.5 Å². The van der Waals surface area contributed by atoms with Gasteiger partial charge in [0, 0.05) is 63.9 Å². The van der Waals surface area contributed by atoms with Crippen LogP contribution in [0, 0.1) is 0 Å². The number of hydrogen-bond donors (Lipinski definition) is 2. The number of carbonyl (C=O) groups excluding carboxylic acids is 1. The zero-order valence-electron chi connectivity index (χ0n) is 28.5. The summed E-state index contributed by atoms with van der Waals surface area (Å²) >= 11 is 0. The molecule has 1 aromatic heterocycles. The Morgan fingerprint density at radius 2 is 1.78 bits per heavy atom. The summed E-state index contributed by atoms with van der Waals surface area (Å²) in [6, 6.07) is 21.2. The maximum atomic E-state index is 12.6. The molecule has 49 heavy (non-hydrogen) atoms. The van der Waals surface area contributed by atoms with Gasteiger partial charge in [-0.05, 0) is 47.9 Å². The van der Waals surface area contributed by atoms with Crippen molar-refractivity contribution in [3.8, 4) is 5.75 Å². The Kier molecular flexibility index (Phi) is 9.92. The number of piperazine rings is 1. The smallest absolute Gasteiger partial charge is 0.247 e. The van der Waals surface area contributed by atoms with E-state index in [4.69, 9.17) is 9.57 Å². The molecule has 2 N–H and O–H groups in total. The topological polar surface area (TPSA) is 98.3 Å². The van der Waals surface area contributed by atoms with Crippen LogP contribution in [0.2, 0.25) is 0 Å². The molecule has 0 bridgehead atoms. The van der Waals surface area contributed by atoms with Crippen molar-refractivity contribution >= 4 is 45.4 Å². The first-order valence-electron chi connectivity index (χ1n) is 17.4. The maximum absolute atomic E-state index is 12.6. The molecule has 3 saturated heterocycles. The normalized spacial score (nSPS) is 19.3. The number of rotatable bonds is 10. The average Bonchev–Trinajstić information content (AvgIpc) is 3.65. The molecule has 3 aliphatic rings. The zero-order chi connectivity index (χ0) is 33.7. The van der Waals surface area contributed by atoms with E-state index in [0.29, 0.717) is 41.4 Å². The van der Waals surface area contributed by atoms with Crippen LogP contribution in [0.1, 0.15) is 37.8 Å². The number of nitrogens with zero attached hydrogens (tertiary/aromatic N) is 6. The number of hydroxylamine groups is 1. The van der Waals surface area contributed by atoms with Gasteiger partial charge in [0.15, 0.2) is 5.82 Å². The highest BCUT2D eigenvalue weighted by Crippen LogP contribution is 2.41. The standard InChI is InChI=1S/C38H46N8O3/c1-4-38(47)42-31-23-32(35(48-3)24-34(31)45-16-13-28(14-17-45)44-20-18-43(5-2)19-21-44)41-36-25-37(40-26-39-36)46-33(15-22-49-46)30-12-8-10-27-9-6-7-11-29(27)30/h4,6-12,23-26,28,33H,1,5,13-22H2,2-3H3,(H,42,47)(H,39,40,41)/t33-/m1/s1. The molecule has 3 aliphatic heterocycles. The van der Waals surface area contributed by atoms with E-state index in [0.717, 1.165) is 70.8 Å². The van der Waals surface area contributed by atoms with Crippen molar-refractivity contribution < 1.29 is 14.4 Å². The van der Waals surface area contributed by atoms with Crippen LogP contribution in [-0.4, -0.2) is 91.2 Å². The molecule has 0 saturated carbocycles. The van der Waals surface area contributed by atoms with Crippen LogP contribution in [0.3, 0.4) is 0 Å². The second-order valence-corrected chi connectivity index (χ2v) is 12.9. The third kappa shape index (κ3) is 7.05. The lowest BCUT2D eigenvalue weighted by Crippen LogP contribution is -2.53. The van der Waals surface area contributed by atoms with Gasteiger partial charge in [0.1, 0.15) is 17.9 Å². The minimum absolute atomic E-state index is 0.00785. The van der Waals surface area contributed by atoms with E-state index in [1.165, 1.54) is 28.7 Å². The summed E-state index contributed by atoms with van der Waals surface area (Å²) < 4.78 is 5.90. The molecular formula is C38H46N8O3. The Morgan fingerprint density at radius 3 is 2.55 bits per heavy atom. The summed E-state index contributed by atoms with van der Waals surface area (Å²) in [5.74, 6) is 1.61. The molecule has 256 valence electrons. The first-order valence-corrected chi connectivity index (χ1v) is 17.4. The Morgan fingerprint density at radius 1 is 0.980 bits per heavy atom. The highest BCUT2D eigenvalue weighted by atomic mass is 16.7. The lowest BCUT2D eigenvalue weighted by Gasteiger charge is -2.43. The molecule has 0 radical (unpaired) electrons. The third-order valence-electron chi connectivity index (χ3n) is 10.2. The van der Waals surface area contributed by atoms with Crippen LogP contribution < -0.4 is 25.3 Å². The van der Waals surface area contributed by atoms with Crippen molar-refractivity contribution in [3.63, 3.8) is 0 Å². The first kappa shape index (κ1) is 32.8. The second-order valence-electron chi connectivity index (χ2n) is 12.9. The lowest BCUT2D eigenvalue weighted by molar-refractivity contribution is -0.111. The number of aromatic nitrogens is 2. The van der Waals surface area contributed by atoms with Gasteiger partial charge < -0.3 is 25.2 Å². The summed E-state index contributed by atoms with van der Waals surface area (Å²) in [6.45, 7) is 14.0. The molecule has 1 atom stereocenters. The number of methoxy groups -OCH3 is 1. The van der Waals surface area contributed by atoms with E-state index >= 15 is 0 Å². The average molecular weight is 663 g/mol. The number of nitrogens with one attached hydrogen (secondary N) is 2. The minimum atomic E-state index is -0.268. The molecular weight excluding hydrogens is 616 g/mol. The van der Waals surface area contributed by atoms with Crippen LogP contribution in [0.5, 0.6) is 5.75 Å². The van der Waals surface area contributed by atoms with Gasteiger partial charge in [-0.2, -0.15) is 0 Å². The van der Waals surface area contributed by atoms with Crippen LogP contribution in [0.25, 0.3) is 10.8 Å². The molecule has 4 heterocycles. The van der Waals surface area contributed by atoms with Crippen LogP contribution >= 0.6 is 0 Å². The second kappa shape index (κ2) is 14.8. The van der Waals surface area contributed by atoms with Crippen LogP contribution in [0.4, 0.5) is 28.7 Å². The van der Waals surface area contributed by atoms with Crippen LogP contribution in [-0.2, 0) is 9.63 Å². The summed E-state index contributed by atoms with van der Waals surface area (Å²) in [5.41, 5.74) is 3.49. The lowest BCUT2D eigenvalue weighted by atomic mass is 9.97. The zero-order valence-corrected chi connectivity index (χ0v) is 28.5. The van der Waals surface area contributed by atoms with Crippen molar-refractivity contribution in [2.45, 2.75) is 38.3 Å². The largest absolute Gasteiger partial charge is 0.494 e. The number of anilines is 5. The van der Waals surface area contributed by atoms with Gasteiger partial charge >= 0.3 is 0 Å². The number of hydrogen-bond acceptors (Lipinski definition) is 10. The Labute approximate surface area is 288 Å².